The van der Waals surface area contributed by atoms with Crippen molar-refractivity contribution >= 4 is 40.9 Å². The highest BCUT2D eigenvalue weighted by Gasteiger charge is 2.33. The Morgan fingerprint density at radius 3 is 2.45 bits per heavy atom. The molecule has 12 heteroatoms. The van der Waals surface area contributed by atoms with Gasteiger partial charge in [0.05, 0.1) is 22.5 Å². The number of rotatable bonds is 5. The van der Waals surface area contributed by atoms with Crippen molar-refractivity contribution in [3.8, 4) is 0 Å². The highest BCUT2D eigenvalue weighted by atomic mass is 35.5. The molecular weight excluding hydrogens is 455 g/mol. The minimum atomic E-state index is -4.67. The van der Waals surface area contributed by atoms with E-state index in [4.69, 9.17) is 11.6 Å². The summed E-state index contributed by atoms with van der Waals surface area (Å²) in [5.74, 6) is -1.16. The van der Waals surface area contributed by atoms with Gasteiger partial charge in [-0.1, -0.05) is 11.6 Å². The van der Waals surface area contributed by atoms with Gasteiger partial charge in [0.1, 0.15) is 10.1 Å². The molecule has 0 fully saturated rings. The number of nitrogens with zero attached hydrogens (tertiary/aromatic N) is 3. The van der Waals surface area contributed by atoms with E-state index in [0.29, 0.717) is 16.1 Å². The van der Waals surface area contributed by atoms with Gasteiger partial charge in [-0.3, -0.25) is 9.59 Å². The van der Waals surface area contributed by atoms with Gasteiger partial charge in [0, 0.05) is 18.8 Å². The number of pyridine rings is 1. The molecule has 0 bridgehead atoms. The third-order valence-electron chi connectivity index (χ3n) is 3.80. The maximum Gasteiger partial charge on any atom is 0.417 e. The van der Waals surface area contributed by atoms with Gasteiger partial charge in [-0.15, -0.1) is 0 Å². The fourth-order valence-corrected chi connectivity index (χ4v) is 3.27. The summed E-state index contributed by atoms with van der Waals surface area (Å²) in [5.41, 5.74) is -1.00. The Kier molecular flexibility index (Phi) is 6.76. The van der Waals surface area contributed by atoms with Crippen molar-refractivity contribution in [1.29, 1.82) is 0 Å². The lowest BCUT2D eigenvalue weighted by Crippen LogP contribution is -2.20. The maximum atomic E-state index is 13.0. The van der Waals surface area contributed by atoms with Crippen LogP contribution in [0.2, 0.25) is 5.02 Å². The lowest BCUT2D eigenvalue weighted by Gasteiger charge is -2.11. The zero-order valence-electron chi connectivity index (χ0n) is 15.7. The second-order valence-corrected chi connectivity index (χ2v) is 7.38. The fraction of sp³-hybridized carbons (Fsp3) is 0.105. The second-order valence-electron chi connectivity index (χ2n) is 5.93. The van der Waals surface area contributed by atoms with E-state index in [-0.39, 0.29) is 17.1 Å². The van der Waals surface area contributed by atoms with Gasteiger partial charge in [0.25, 0.3) is 11.8 Å². The quantitative estimate of drug-likeness (QED) is 0.543. The van der Waals surface area contributed by atoms with Crippen molar-refractivity contribution in [2.45, 2.75) is 16.2 Å². The lowest BCUT2D eigenvalue weighted by molar-refractivity contribution is -0.137. The number of carbonyl (C=O) groups is 2. The molecule has 0 spiro atoms. The summed E-state index contributed by atoms with van der Waals surface area (Å²) in [5, 5.41) is 5.42. The SMILES string of the molecule is CNC(=O)c1nccc(Sc2ccc(NC(=O)c3ccc(Cl)c(C(F)(F)F)c3)cn2)n1. The van der Waals surface area contributed by atoms with E-state index >= 15 is 0 Å². The van der Waals surface area contributed by atoms with Crippen LogP contribution in [0.25, 0.3) is 0 Å². The van der Waals surface area contributed by atoms with Gasteiger partial charge in [-0.25, -0.2) is 15.0 Å². The van der Waals surface area contributed by atoms with Gasteiger partial charge in [-0.05, 0) is 48.2 Å². The van der Waals surface area contributed by atoms with Crippen LogP contribution in [-0.2, 0) is 6.18 Å². The molecule has 0 radical (unpaired) electrons. The van der Waals surface area contributed by atoms with Crippen LogP contribution in [0.4, 0.5) is 18.9 Å². The largest absolute Gasteiger partial charge is 0.417 e. The third kappa shape index (κ3) is 5.70. The molecule has 31 heavy (non-hydrogen) atoms. The summed E-state index contributed by atoms with van der Waals surface area (Å²) in [4.78, 5) is 36.1. The third-order valence-corrected chi connectivity index (χ3v) is 5.01. The Morgan fingerprint density at radius 2 is 1.81 bits per heavy atom. The number of hydrogen-bond donors (Lipinski definition) is 2. The van der Waals surface area contributed by atoms with Crippen molar-refractivity contribution < 1.29 is 22.8 Å². The highest BCUT2D eigenvalue weighted by molar-refractivity contribution is 7.99. The van der Waals surface area contributed by atoms with Crippen molar-refractivity contribution in [2.75, 3.05) is 12.4 Å². The number of hydrogen-bond acceptors (Lipinski definition) is 6. The van der Waals surface area contributed by atoms with E-state index in [1.807, 2.05) is 0 Å². The van der Waals surface area contributed by atoms with Crippen molar-refractivity contribution in [3.63, 3.8) is 0 Å². The van der Waals surface area contributed by atoms with Crippen LogP contribution in [0.15, 0.2) is 58.8 Å². The van der Waals surface area contributed by atoms with Gasteiger partial charge in [-0.2, -0.15) is 13.2 Å². The Bertz CT molecular complexity index is 1130. The van der Waals surface area contributed by atoms with E-state index < -0.39 is 28.6 Å². The lowest BCUT2D eigenvalue weighted by atomic mass is 10.1. The smallest absolute Gasteiger partial charge is 0.352 e. The Balaban J connectivity index is 1.70. The van der Waals surface area contributed by atoms with E-state index in [0.717, 1.165) is 6.07 Å². The molecule has 0 saturated heterocycles. The van der Waals surface area contributed by atoms with Crippen molar-refractivity contribution in [1.82, 2.24) is 20.3 Å². The van der Waals surface area contributed by atoms with Crippen LogP contribution >= 0.6 is 23.4 Å². The normalized spacial score (nSPS) is 11.1. The Hall–Kier alpha value is -3.18. The molecule has 7 nitrogen and oxygen atoms in total. The standard InChI is InChI=1S/C19H13ClF3N5O2S/c1-24-18(30)16-25-7-6-15(28-16)31-14-5-3-11(9-26-14)27-17(29)10-2-4-13(20)12(8-10)19(21,22)23/h2-9H,1H3,(H,24,30)(H,27,29). The Morgan fingerprint density at radius 1 is 1.03 bits per heavy atom. The molecule has 0 aliphatic heterocycles. The summed E-state index contributed by atoms with van der Waals surface area (Å²) < 4.78 is 38.9. The van der Waals surface area contributed by atoms with Gasteiger partial charge in [0.15, 0.2) is 0 Å². The molecule has 0 aliphatic carbocycles. The first-order valence-corrected chi connectivity index (χ1v) is 9.74. The molecule has 2 aromatic heterocycles. The van der Waals surface area contributed by atoms with E-state index in [1.54, 1.807) is 12.1 Å². The van der Waals surface area contributed by atoms with Gasteiger partial charge < -0.3 is 10.6 Å². The van der Waals surface area contributed by atoms with E-state index in [1.165, 1.54) is 43.3 Å². The number of aromatic nitrogens is 3. The van der Waals surface area contributed by atoms with Crippen LogP contribution in [0.3, 0.4) is 0 Å². The molecule has 160 valence electrons. The molecule has 0 unspecified atom stereocenters. The number of alkyl halides is 3. The minimum absolute atomic E-state index is 0.0116. The van der Waals surface area contributed by atoms with Gasteiger partial charge >= 0.3 is 6.18 Å². The van der Waals surface area contributed by atoms with Gasteiger partial charge in [0.2, 0.25) is 5.82 Å². The summed E-state index contributed by atoms with van der Waals surface area (Å²) in [6, 6.07) is 7.64. The first-order chi connectivity index (χ1) is 14.7. The van der Waals surface area contributed by atoms with Crippen LogP contribution in [0.5, 0.6) is 0 Å². The number of anilines is 1. The summed E-state index contributed by atoms with van der Waals surface area (Å²) in [6.07, 6.45) is -1.88. The number of halogens is 4. The molecule has 3 rings (SSSR count). The predicted octanol–water partition coefficient (Wildman–Crippen LogP) is 4.31. The molecule has 3 aromatic rings. The first kappa shape index (κ1) is 22.5. The van der Waals surface area contributed by atoms with Crippen LogP contribution in [0, 0.1) is 0 Å². The number of amides is 2. The molecule has 0 aliphatic rings. The van der Waals surface area contributed by atoms with Crippen LogP contribution in [-0.4, -0.2) is 33.8 Å². The van der Waals surface area contributed by atoms with Crippen LogP contribution in [0.1, 0.15) is 26.5 Å². The molecule has 2 heterocycles. The topological polar surface area (TPSA) is 96.9 Å². The summed E-state index contributed by atoms with van der Waals surface area (Å²) >= 11 is 6.74. The summed E-state index contributed by atoms with van der Waals surface area (Å²) in [7, 11) is 1.47. The monoisotopic (exact) mass is 467 g/mol. The average molecular weight is 468 g/mol. The molecule has 0 atom stereocenters. The van der Waals surface area contributed by atoms with Crippen molar-refractivity contribution in [3.05, 3.63) is 70.8 Å². The maximum absolute atomic E-state index is 13.0. The summed E-state index contributed by atoms with van der Waals surface area (Å²) in [6.45, 7) is 0. The van der Waals surface area contributed by atoms with E-state index in [9.17, 15) is 22.8 Å². The van der Waals surface area contributed by atoms with Crippen molar-refractivity contribution in [2.24, 2.45) is 0 Å². The molecule has 0 saturated carbocycles. The number of carbonyl (C=O) groups excluding carboxylic acids is 2. The molecular formula is C19H13ClF3N5O2S. The molecule has 2 amide bonds. The fourth-order valence-electron chi connectivity index (χ4n) is 2.33. The zero-order valence-corrected chi connectivity index (χ0v) is 17.3. The Labute approximate surface area is 183 Å². The number of nitrogens with one attached hydrogen (secondary N) is 2. The zero-order chi connectivity index (χ0) is 22.6. The van der Waals surface area contributed by atoms with Crippen LogP contribution < -0.4 is 10.6 Å². The molecule has 1 aromatic carbocycles. The second kappa shape index (κ2) is 9.31. The average Bonchev–Trinajstić information content (AvgIpc) is 2.74. The first-order valence-electron chi connectivity index (χ1n) is 8.54. The van der Waals surface area contributed by atoms with E-state index in [2.05, 4.69) is 25.6 Å². The minimum Gasteiger partial charge on any atom is -0.352 e. The predicted molar refractivity (Wildman–Crippen MR) is 108 cm³/mol. The highest BCUT2D eigenvalue weighted by Crippen LogP contribution is 2.35. The molecule has 2 N–H and O–H groups in total. The number of benzene rings is 1.